The molecule has 2 atom stereocenters. The third-order valence-electron chi connectivity index (χ3n) is 1.53. The quantitative estimate of drug-likeness (QED) is 0.430. The van der Waals surface area contributed by atoms with E-state index in [2.05, 4.69) is 5.32 Å². The summed E-state index contributed by atoms with van der Waals surface area (Å²) in [6.07, 6.45) is 0. The standard InChI is InChI=1S/C5H9NO/c1-3-4(2)6-5(3)7/h3-4H,1-2H3,(H,6,7)/t3-,4+/m0/s1. The molecule has 0 aromatic heterocycles. The summed E-state index contributed by atoms with van der Waals surface area (Å²) in [7, 11) is 0. The summed E-state index contributed by atoms with van der Waals surface area (Å²) >= 11 is 0. The summed E-state index contributed by atoms with van der Waals surface area (Å²) < 4.78 is 0. The van der Waals surface area contributed by atoms with Crippen LogP contribution in [0.1, 0.15) is 13.8 Å². The zero-order valence-corrected chi connectivity index (χ0v) is 4.56. The van der Waals surface area contributed by atoms with Crippen molar-refractivity contribution in [2.75, 3.05) is 0 Å². The van der Waals surface area contributed by atoms with Crippen molar-refractivity contribution in [2.45, 2.75) is 19.9 Å². The molecule has 0 aromatic rings. The monoisotopic (exact) mass is 99.1 g/mol. The molecule has 1 aliphatic rings. The molecule has 1 heterocycles. The molecule has 0 saturated carbocycles. The van der Waals surface area contributed by atoms with Crippen molar-refractivity contribution in [1.29, 1.82) is 0 Å². The van der Waals surface area contributed by atoms with Crippen molar-refractivity contribution in [3.63, 3.8) is 0 Å². The Labute approximate surface area is 42.9 Å². The number of hydrogen-bond acceptors (Lipinski definition) is 1. The average Bonchev–Trinajstić information content (AvgIpc) is 1.68. The predicted molar refractivity (Wildman–Crippen MR) is 26.8 cm³/mol. The van der Waals surface area contributed by atoms with E-state index in [0.717, 1.165) is 0 Å². The SMILES string of the molecule is C[C@@H]1C(=O)N[C@@H]1C. The Kier molecular flexibility index (Phi) is 0.805. The molecule has 7 heavy (non-hydrogen) atoms. The van der Waals surface area contributed by atoms with Gasteiger partial charge < -0.3 is 5.32 Å². The molecule has 1 saturated heterocycles. The van der Waals surface area contributed by atoms with Gasteiger partial charge in [0.05, 0.1) is 5.92 Å². The lowest BCUT2D eigenvalue weighted by Gasteiger charge is -2.30. The molecule has 1 N–H and O–H groups in total. The van der Waals surface area contributed by atoms with Crippen molar-refractivity contribution in [3.8, 4) is 0 Å². The van der Waals surface area contributed by atoms with E-state index in [-0.39, 0.29) is 11.8 Å². The fraction of sp³-hybridized carbons (Fsp3) is 0.800. The van der Waals surface area contributed by atoms with E-state index in [0.29, 0.717) is 6.04 Å². The fourth-order valence-corrected chi connectivity index (χ4v) is 0.612. The molecule has 0 aromatic carbocycles. The molecule has 0 radical (unpaired) electrons. The lowest BCUT2D eigenvalue weighted by molar-refractivity contribution is -0.133. The van der Waals surface area contributed by atoms with Crippen molar-refractivity contribution in [3.05, 3.63) is 0 Å². The first-order valence-corrected chi connectivity index (χ1v) is 2.52. The fourth-order valence-electron chi connectivity index (χ4n) is 0.612. The average molecular weight is 99.1 g/mol. The Hall–Kier alpha value is -0.530. The smallest absolute Gasteiger partial charge is 0.225 e. The maximum absolute atomic E-state index is 10.3. The van der Waals surface area contributed by atoms with Gasteiger partial charge in [-0.15, -0.1) is 0 Å². The van der Waals surface area contributed by atoms with Gasteiger partial charge in [0.25, 0.3) is 0 Å². The van der Waals surface area contributed by atoms with Gasteiger partial charge >= 0.3 is 0 Å². The van der Waals surface area contributed by atoms with Crippen LogP contribution in [-0.2, 0) is 4.79 Å². The molecule has 0 bridgehead atoms. The number of β-lactam (4-membered cyclic amide) rings is 1. The maximum atomic E-state index is 10.3. The van der Waals surface area contributed by atoms with E-state index in [9.17, 15) is 4.79 Å². The summed E-state index contributed by atoms with van der Waals surface area (Å²) in [4.78, 5) is 10.3. The second kappa shape index (κ2) is 1.22. The second-order valence-electron chi connectivity index (χ2n) is 2.09. The van der Waals surface area contributed by atoms with Crippen LogP contribution in [0.25, 0.3) is 0 Å². The van der Waals surface area contributed by atoms with E-state index >= 15 is 0 Å². The van der Waals surface area contributed by atoms with Crippen LogP contribution in [0.2, 0.25) is 0 Å². The van der Waals surface area contributed by atoms with E-state index in [1.807, 2.05) is 13.8 Å². The predicted octanol–water partition coefficient (Wildman–Crippen LogP) is 0.141. The lowest BCUT2D eigenvalue weighted by Crippen LogP contribution is -2.54. The van der Waals surface area contributed by atoms with E-state index in [4.69, 9.17) is 0 Å². The number of amides is 1. The summed E-state index contributed by atoms with van der Waals surface area (Å²) in [6.45, 7) is 3.94. The normalized spacial score (nSPS) is 39.4. The first kappa shape index (κ1) is 4.62. The van der Waals surface area contributed by atoms with Gasteiger partial charge in [-0.05, 0) is 6.92 Å². The molecular formula is C5H9NO. The van der Waals surface area contributed by atoms with Gasteiger partial charge in [0.1, 0.15) is 0 Å². The first-order valence-electron chi connectivity index (χ1n) is 2.52. The number of hydrogen-bond donors (Lipinski definition) is 1. The highest BCUT2D eigenvalue weighted by molar-refractivity contribution is 5.85. The van der Waals surface area contributed by atoms with E-state index in [1.165, 1.54) is 0 Å². The van der Waals surface area contributed by atoms with Crippen LogP contribution >= 0.6 is 0 Å². The van der Waals surface area contributed by atoms with Crippen molar-refractivity contribution >= 4 is 5.91 Å². The molecule has 0 unspecified atom stereocenters. The highest BCUT2D eigenvalue weighted by atomic mass is 16.2. The summed E-state index contributed by atoms with van der Waals surface area (Å²) in [5, 5.41) is 2.72. The van der Waals surface area contributed by atoms with Gasteiger partial charge in [0.2, 0.25) is 5.91 Å². The van der Waals surface area contributed by atoms with Gasteiger partial charge in [-0.1, -0.05) is 6.92 Å². The summed E-state index contributed by atoms with van der Waals surface area (Å²) in [5.41, 5.74) is 0. The minimum atomic E-state index is 0.188. The first-order chi connectivity index (χ1) is 3.22. The van der Waals surface area contributed by atoms with E-state index in [1.54, 1.807) is 0 Å². The Morgan fingerprint density at radius 3 is 2.14 bits per heavy atom. The van der Waals surface area contributed by atoms with Crippen LogP contribution < -0.4 is 5.32 Å². The minimum Gasteiger partial charge on any atom is -0.353 e. The molecule has 2 heteroatoms. The third-order valence-corrected chi connectivity index (χ3v) is 1.53. The molecule has 1 fully saturated rings. The van der Waals surface area contributed by atoms with Crippen LogP contribution in [0.4, 0.5) is 0 Å². The van der Waals surface area contributed by atoms with Crippen molar-refractivity contribution in [1.82, 2.24) is 5.32 Å². The zero-order chi connectivity index (χ0) is 5.44. The molecule has 1 rings (SSSR count). The van der Waals surface area contributed by atoms with Gasteiger partial charge in [0, 0.05) is 6.04 Å². The Balaban J connectivity index is 2.43. The number of rotatable bonds is 0. The van der Waals surface area contributed by atoms with Crippen molar-refractivity contribution in [2.24, 2.45) is 5.92 Å². The topological polar surface area (TPSA) is 29.1 Å². The Bertz CT molecular complexity index is 100. The van der Waals surface area contributed by atoms with Crippen LogP contribution in [0, 0.1) is 5.92 Å². The van der Waals surface area contributed by atoms with Gasteiger partial charge in [-0.25, -0.2) is 0 Å². The highest BCUT2D eigenvalue weighted by Crippen LogP contribution is 2.11. The Morgan fingerprint density at radius 1 is 1.57 bits per heavy atom. The van der Waals surface area contributed by atoms with Crippen molar-refractivity contribution < 1.29 is 4.79 Å². The molecule has 1 aliphatic heterocycles. The number of nitrogens with one attached hydrogen (secondary N) is 1. The molecule has 0 spiro atoms. The van der Waals surface area contributed by atoms with Gasteiger partial charge in [-0.3, -0.25) is 4.79 Å². The summed E-state index contributed by atoms with van der Waals surface area (Å²) in [5.74, 6) is 0.437. The van der Waals surface area contributed by atoms with Crippen LogP contribution in [0.5, 0.6) is 0 Å². The molecule has 40 valence electrons. The zero-order valence-electron chi connectivity index (χ0n) is 4.56. The van der Waals surface area contributed by atoms with Crippen LogP contribution in [-0.4, -0.2) is 11.9 Å². The lowest BCUT2D eigenvalue weighted by atomic mass is 9.95. The largest absolute Gasteiger partial charge is 0.353 e. The van der Waals surface area contributed by atoms with Gasteiger partial charge in [0.15, 0.2) is 0 Å². The molecule has 0 aliphatic carbocycles. The Morgan fingerprint density at radius 2 is 2.14 bits per heavy atom. The number of carbonyl (C=O) groups is 1. The highest BCUT2D eigenvalue weighted by Gasteiger charge is 2.30. The third kappa shape index (κ3) is 0.501. The molecule has 2 nitrogen and oxygen atoms in total. The second-order valence-corrected chi connectivity index (χ2v) is 2.09. The minimum absolute atomic E-state index is 0.188. The van der Waals surface area contributed by atoms with Gasteiger partial charge in [-0.2, -0.15) is 0 Å². The number of carbonyl (C=O) groups excluding carboxylic acids is 1. The van der Waals surface area contributed by atoms with E-state index < -0.39 is 0 Å². The van der Waals surface area contributed by atoms with Crippen LogP contribution in [0.3, 0.4) is 0 Å². The molecule has 1 amide bonds. The maximum Gasteiger partial charge on any atom is 0.225 e. The molecular weight excluding hydrogens is 90.1 g/mol. The summed E-state index contributed by atoms with van der Waals surface area (Å²) in [6, 6.07) is 0.410. The van der Waals surface area contributed by atoms with Crippen LogP contribution in [0.15, 0.2) is 0 Å².